The van der Waals surface area contributed by atoms with Gasteiger partial charge >= 0.3 is 0 Å². The molecule has 6 rings (SSSR count). The lowest BCUT2D eigenvalue weighted by molar-refractivity contribution is 0.102. The molecule has 0 radical (unpaired) electrons. The van der Waals surface area contributed by atoms with E-state index in [1.165, 1.54) is 12.8 Å². The van der Waals surface area contributed by atoms with Gasteiger partial charge < -0.3 is 9.47 Å². The number of nitrogens with one attached hydrogen (secondary N) is 2. The fraction of sp³-hybridized carbons (Fsp3) is 0.364. The van der Waals surface area contributed by atoms with Gasteiger partial charge in [-0.3, -0.25) is 10.1 Å². The second kappa shape index (κ2) is 12.6. The molecule has 2 heterocycles. The van der Waals surface area contributed by atoms with Crippen LogP contribution in [0, 0.1) is 11.3 Å². The van der Waals surface area contributed by atoms with Gasteiger partial charge in [-0.2, -0.15) is 5.21 Å². The molecule has 0 atom stereocenters. The molecule has 0 unspecified atom stereocenters. The van der Waals surface area contributed by atoms with Crippen LogP contribution in [0.15, 0.2) is 66.7 Å². The summed E-state index contributed by atoms with van der Waals surface area (Å²) < 4.78 is 2.27. The first-order valence-electron chi connectivity index (χ1n) is 15.0. The first-order valence-corrected chi connectivity index (χ1v) is 15.7. The average Bonchev–Trinajstić information content (AvgIpc) is 3.65. The van der Waals surface area contributed by atoms with Crippen molar-refractivity contribution in [1.82, 2.24) is 30.2 Å². The molecule has 5 aromatic rings. The van der Waals surface area contributed by atoms with Gasteiger partial charge in [0, 0.05) is 28.2 Å². The summed E-state index contributed by atoms with van der Waals surface area (Å²) in [5.41, 5.74) is 4.85. The summed E-state index contributed by atoms with van der Waals surface area (Å²) >= 11 is 12.9. The number of aromatic amines is 1. The summed E-state index contributed by atoms with van der Waals surface area (Å²) in [6.45, 7) is 8.26. The van der Waals surface area contributed by atoms with Crippen LogP contribution in [0.25, 0.3) is 11.0 Å². The number of imidazole rings is 1. The number of carbonyl (C=O) groups is 1. The molecule has 0 spiro atoms. The zero-order valence-corrected chi connectivity index (χ0v) is 26.6. The molecule has 1 amide bonds. The van der Waals surface area contributed by atoms with Crippen LogP contribution in [0.4, 0.5) is 11.9 Å². The zero-order chi connectivity index (χ0) is 30.8. The SMILES string of the molecule is CC(C)(C)C1CCC(N(Cc2ccc(C(=O)Nc3nn[nH]n3)cc2)c2nc3ccccc3n2Cc2ccc(Cl)cc2Cl)CC1. The number of nitrogens with zero attached hydrogens (tertiary/aromatic N) is 6. The Morgan fingerprint density at radius 2 is 1.77 bits per heavy atom. The van der Waals surface area contributed by atoms with Crippen LogP contribution in [-0.4, -0.2) is 42.1 Å². The smallest absolute Gasteiger partial charge is 0.270 e. The number of fused-ring (bicyclic) bond motifs is 1. The average molecular weight is 632 g/mol. The molecule has 2 N–H and O–H groups in total. The number of aromatic nitrogens is 6. The maximum atomic E-state index is 12.7. The first kappa shape index (κ1) is 30.1. The van der Waals surface area contributed by atoms with Gasteiger partial charge in [0.05, 0.1) is 17.6 Å². The minimum Gasteiger partial charge on any atom is -0.335 e. The molecule has 44 heavy (non-hydrogen) atoms. The molecule has 2 aromatic heterocycles. The first-order chi connectivity index (χ1) is 21.2. The molecular weight excluding hydrogens is 595 g/mol. The lowest BCUT2D eigenvalue weighted by atomic mass is 9.71. The third-order valence-corrected chi connectivity index (χ3v) is 9.32. The third kappa shape index (κ3) is 6.59. The van der Waals surface area contributed by atoms with E-state index in [9.17, 15) is 4.79 Å². The Morgan fingerprint density at radius 1 is 1.02 bits per heavy atom. The van der Waals surface area contributed by atoms with Crippen molar-refractivity contribution in [2.24, 2.45) is 11.3 Å². The maximum absolute atomic E-state index is 12.7. The second-order valence-electron chi connectivity index (χ2n) is 12.6. The summed E-state index contributed by atoms with van der Waals surface area (Å²) in [6.07, 6.45) is 4.50. The van der Waals surface area contributed by atoms with Crippen LogP contribution in [0.2, 0.25) is 10.0 Å². The highest BCUT2D eigenvalue weighted by molar-refractivity contribution is 6.35. The highest BCUT2D eigenvalue weighted by atomic mass is 35.5. The molecule has 9 nitrogen and oxygen atoms in total. The van der Waals surface area contributed by atoms with Gasteiger partial charge in [-0.15, -0.1) is 5.10 Å². The van der Waals surface area contributed by atoms with Crippen molar-refractivity contribution in [3.63, 3.8) is 0 Å². The predicted octanol–water partition coefficient (Wildman–Crippen LogP) is 7.77. The normalized spacial score (nSPS) is 17.1. The number of tetrazole rings is 1. The maximum Gasteiger partial charge on any atom is 0.270 e. The Hall–Kier alpha value is -3.95. The van der Waals surface area contributed by atoms with Gasteiger partial charge in [-0.1, -0.05) is 79.4 Å². The Bertz CT molecular complexity index is 1740. The molecule has 1 saturated carbocycles. The summed E-state index contributed by atoms with van der Waals surface area (Å²) in [5, 5.41) is 17.3. The van der Waals surface area contributed by atoms with Crippen LogP contribution in [-0.2, 0) is 13.1 Å². The number of carbonyl (C=O) groups excluding carboxylic acids is 1. The monoisotopic (exact) mass is 630 g/mol. The fourth-order valence-corrected chi connectivity index (χ4v) is 6.69. The molecule has 0 bridgehead atoms. The number of para-hydroxylation sites is 2. The predicted molar refractivity (Wildman–Crippen MR) is 175 cm³/mol. The molecule has 1 fully saturated rings. The van der Waals surface area contributed by atoms with Crippen molar-refractivity contribution >= 4 is 52.0 Å². The highest BCUT2D eigenvalue weighted by Gasteiger charge is 2.34. The minimum absolute atomic E-state index is 0.135. The largest absolute Gasteiger partial charge is 0.335 e. The van der Waals surface area contributed by atoms with Crippen LogP contribution in [0.3, 0.4) is 0 Å². The van der Waals surface area contributed by atoms with Gasteiger partial charge in [0.2, 0.25) is 5.95 Å². The lowest BCUT2D eigenvalue weighted by Gasteiger charge is -2.41. The number of hydrogen-bond acceptors (Lipinski definition) is 6. The number of rotatable bonds is 8. The quantitative estimate of drug-likeness (QED) is 0.181. The number of amides is 1. The van der Waals surface area contributed by atoms with E-state index < -0.39 is 0 Å². The van der Waals surface area contributed by atoms with E-state index in [1.807, 2.05) is 48.5 Å². The van der Waals surface area contributed by atoms with Crippen LogP contribution in [0.5, 0.6) is 0 Å². The Balaban J connectivity index is 1.34. The standard InChI is InChI=1S/C33H36Cl2N8O/c1-33(2,3)24-13-16-26(17-14-24)42(19-21-8-10-22(11-9-21)30(44)37-31-38-40-41-39-31)32-36-28-6-4-5-7-29(28)43(32)20-23-12-15-25(34)18-27(23)35/h4-12,15,18,24,26H,13-14,16-17,19-20H2,1-3H3,(H2,37,38,39,40,41,44). The highest BCUT2D eigenvalue weighted by Crippen LogP contribution is 2.41. The van der Waals surface area contributed by atoms with E-state index in [1.54, 1.807) is 6.07 Å². The number of benzene rings is 3. The summed E-state index contributed by atoms with van der Waals surface area (Å²) in [6, 6.07) is 21.9. The fourth-order valence-electron chi connectivity index (χ4n) is 6.22. The second-order valence-corrected chi connectivity index (χ2v) is 13.5. The van der Waals surface area contributed by atoms with E-state index in [0.717, 1.165) is 41.0 Å². The van der Waals surface area contributed by atoms with E-state index in [0.29, 0.717) is 40.7 Å². The van der Waals surface area contributed by atoms with Crippen molar-refractivity contribution in [2.45, 2.75) is 65.6 Å². The molecular formula is C33H36Cl2N8O. The number of H-pyrrole nitrogens is 1. The van der Waals surface area contributed by atoms with E-state index >= 15 is 0 Å². The van der Waals surface area contributed by atoms with Gasteiger partial charge in [0.1, 0.15) is 0 Å². The number of hydrogen-bond donors (Lipinski definition) is 2. The Kier molecular flexibility index (Phi) is 8.60. The minimum atomic E-state index is -0.294. The summed E-state index contributed by atoms with van der Waals surface area (Å²) in [4.78, 5) is 20.4. The Morgan fingerprint density at radius 3 is 2.45 bits per heavy atom. The third-order valence-electron chi connectivity index (χ3n) is 8.74. The van der Waals surface area contributed by atoms with Crippen LogP contribution >= 0.6 is 23.2 Å². The van der Waals surface area contributed by atoms with Gasteiger partial charge in [0.15, 0.2) is 0 Å². The lowest BCUT2D eigenvalue weighted by Crippen LogP contribution is -2.41. The van der Waals surface area contributed by atoms with Crippen molar-refractivity contribution in [3.05, 3.63) is 93.5 Å². The molecule has 1 aliphatic rings. The molecule has 1 aliphatic carbocycles. The van der Waals surface area contributed by atoms with E-state index in [4.69, 9.17) is 28.2 Å². The van der Waals surface area contributed by atoms with Gasteiger partial charge in [-0.05, 0) is 89.8 Å². The van der Waals surface area contributed by atoms with Gasteiger partial charge in [0.25, 0.3) is 11.9 Å². The molecule has 3 aromatic carbocycles. The van der Waals surface area contributed by atoms with Gasteiger partial charge in [-0.25, -0.2) is 4.98 Å². The molecule has 0 aliphatic heterocycles. The molecule has 11 heteroatoms. The summed E-state index contributed by atoms with van der Waals surface area (Å²) in [7, 11) is 0. The summed E-state index contributed by atoms with van der Waals surface area (Å²) in [5.74, 6) is 1.44. The van der Waals surface area contributed by atoms with Crippen LogP contribution in [0.1, 0.15) is 67.9 Å². The van der Waals surface area contributed by atoms with Crippen LogP contribution < -0.4 is 10.2 Å². The van der Waals surface area contributed by atoms with Crippen molar-refractivity contribution in [3.8, 4) is 0 Å². The van der Waals surface area contributed by atoms with Crippen molar-refractivity contribution in [2.75, 3.05) is 10.2 Å². The topological polar surface area (TPSA) is 105 Å². The van der Waals surface area contributed by atoms with E-state index in [-0.39, 0.29) is 17.3 Å². The number of anilines is 2. The zero-order valence-electron chi connectivity index (χ0n) is 25.1. The Labute approximate surface area is 267 Å². The van der Waals surface area contributed by atoms with Crippen molar-refractivity contribution < 1.29 is 4.79 Å². The molecule has 0 saturated heterocycles. The van der Waals surface area contributed by atoms with E-state index in [2.05, 4.69) is 68.3 Å². The van der Waals surface area contributed by atoms with Crippen molar-refractivity contribution in [1.29, 1.82) is 0 Å². The number of halogens is 2. The molecule has 228 valence electrons.